The molecule has 27 heavy (non-hydrogen) atoms. The smallest absolute Gasteiger partial charge is 0.323 e. The highest BCUT2D eigenvalue weighted by Crippen LogP contribution is 2.32. The number of hydrogen-bond donors (Lipinski definition) is 3. The maximum Gasteiger partial charge on any atom is 0.323 e. The maximum atomic E-state index is 11.9. The molecule has 0 aliphatic carbocycles. The third-order valence-electron chi connectivity index (χ3n) is 3.55. The molecule has 8 nitrogen and oxygen atoms in total. The summed E-state index contributed by atoms with van der Waals surface area (Å²) in [5, 5.41) is 10.0. The van der Waals surface area contributed by atoms with Gasteiger partial charge in [0.2, 0.25) is 16.8 Å². The van der Waals surface area contributed by atoms with Gasteiger partial charge in [0.05, 0.1) is 5.69 Å². The molecule has 140 valence electrons. The topological polar surface area (TPSA) is 120 Å². The third-order valence-corrected chi connectivity index (χ3v) is 4.52. The maximum absolute atomic E-state index is 11.9. The van der Waals surface area contributed by atoms with E-state index in [9.17, 15) is 13.2 Å². The summed E-state index contributed by atoms with van der Waals surface area (Å²) < 4.78 is 33.5. The number of urea groups is 1. The number of allylic oxidation sites excluding steroid dienone is 2. The fourth-order valence-electron chi connectivity index (χ4n) is 2.34. The van der Waals surface area contributed by atoms with Crippen LogP contribution < -0.4 is 25.2 Å². The van der Waals surface area contributed by atoms with Crippen LogP contribution in [0.2, 0.25) is 0 Å². The van der Waals surface area contributed by atoms with E-state index in [0.717, 1.165) is 5.56 Å². The average Bonchev–Trinajstić information content (AvgIpc) is 3.09. The number of para-hydroxylation sites is 1. The van der Waals surface area contributed by atoms with Gasteiger partial charge in [0.1, 0.15) is 4.90 Å². The molecule has 0 fully saturated rings. The van der Waals surface area contributed by atoms with Crippen molar-refractivity contribution in [3.05, 3.63) is 66.4 Å². The van der Waals surface area contributed by atoms with Gasteiger partial charge in [0.25, 0.3) is 0 Å². The van der Waals surface area contributed by atoms with Crippen molar-refractivity contribution >= 4 is 27.8 Å². The first kappa shape index (κ1) is 18.5. The van der Waals surface area contributed by atoms with Crippen molar-refractivity contribution in [2.75, 3.05) is 12.1 Å². The van der Waals surface area contributed by atoms with Gasteiger partial charge in [-0.25, -0.2) is 18.4 Å². The van der Waals surface area contributed by atoms with Crippen LogP contribution in [0.3, 0.4) is 0 Å². The lowest BCUT2D eigenvalue weighted by Crippen LogP contribution is -2.25. The molecule has 1 aliphatic rings. The first-order valence-electron chi connectivity index (χ1n) is 7.86. The molecule has 0 saturated carbocycles. The van der Waals surface area contributed by atoms with E-state index in [4.69, 9.17) is 14.6 Å². The van der Waals surface area contributed by atoms with Crippen molar-refractivity contribution in [3.63, 3.8) is 0 Å². The molecule has 0 bridgehead atoms. The van der Waals surface area contributed by atoms with E-state index in [1.165, 1.54) is 24.4 Å². The first-order chi connectivity index (χ1) is 12.9. The fraction of sp³-hybridized carbons (Fsp3) is 0.0556. The Bertz CT molecular complexity index is 1020. The number of hydrogen-bond acceptors (Lipinski definition) is 5. The van der Waals surface area contributed by atoms with Crippen LogP contribution in [-0.2, 0) is 10.0 Å². The number of nitrogens with one attached hydrogen (secondary N) is 2. The predicted molar refractivity (Wildman–Crippen MR) is 101 cm³/mol. The minimum absolute atomic E-state index is 0.0989. The van der Waals surface area contributed by atoms with Gasteiger partial charge in [-0.3, -0.25) is 0 Å². The second kappa shape index (κ2) is 7.94. The third kappa shape index (κ3) is 4.87. The van der Waals surface area contributed by atoms with Gasteiger partial charge in [-0.1, -0.05) is 30.4 Å². The minimum Gasteiger partial charge on any atom is -0.454 e. The number of rotatable bonds is 5. The predicted octanol–water partition coefficient (Wildman–Crippen LogP) is 2.41. The molecule has 0 atom stereocenters. The molecule has 0 spiro atoms. The highest BCUT2D eigenvalue weighted by atomic mass is 32.2. The summed E-state index contributed by atoms with van der Waals surface area (Å²) >= 11 is 0. The zero-order valence-electron chi connectivity index (χ0n) is 14.1. The Morgan fingerprint density at radius 2 is 1.85 bits per heavy atom. The SMILES string of the molecule is NS(=O)(=O)c1ccccc1NC(=O)N/C=C/C=C/c1ccc2c(c1)OCO2. The number of carbonyl (C=O) groups excluding carboxylic acids is 1. The van der Waals surface area contributed by atoms with Crippen molar-refractivity contribution in [3.8, 4) is 11.5 Å². The van der Waals surface area contributed by atoms with Crippen LogP contribution in [0.1, 0.15) is 5.56 Å². The van der Waals surface area contributed by atoms with Gasteiger partial charge in [-0.05, 0) is 35.9 Å². The number of fused-ring (bicyclic) bond motifs is 1. The van der Waals surface area contributed by atoms with E-state index in [-0.39, 0.29) is 17.4 Å². The lowest BCUT2D eigenvalue weighted by molar-refractivity contribution is 0.174. The van der Waals surface area contributed by atoms with Crippen LogP contribution in [0.5, 0.6) is 11.5 Å². The summed E-state index contributed by atoms with van der Waals surface area (Å²) in [7, 11) is -3.93. The van der Waals surface area contributed by atoms with Gasteiger partial charge in [-0.15, -0.1) is 0 Å². The lowest BCUT2D eigenvalue weighted by atomic mass is 10.2. The second-order valence-corrected chi connectivity index (χ2v) is 7.00. The summed E-state index contributed by atoms with van der Waals surface area (Å²) in [4.78, 5) is 11.7. The Kier molecular flexibility index (Phi) is 5.43. The van der Waals surface area contributed by atoms with Gasteiger partial charge < -0.3 is 20.1 Å². The lowest BCUT2D eigenvalue weighted by Gasteiger charge is -2.08. The van der Waals surface area contributed by atoms with Crippen LogP contribution in [0.15, 0.2) is 65.7 Å². The zero-order valence-corrected chi connectivity index (χ0v) is 14.9. The Labute approximate surface area is 156 Å². The molecule has 0 aromatic heterocycles. The van der Waals surface area contributed by atoms with E-state index >= 15 is 0 Å². The monoisotopic (exact) mass is 387 g/mol. The summed E-state index contributed by atoms with van der Waals surface area (Å²) in [6.07, 6.45) is 6.60. The summed E-state index contributed by atoms with van der Waals surface area (Å²) in [6, 6.07) is 10.8. The molecular formula is C18H17N3O5S. The number of anilines is 1. The van der Waals surface area contributed by atoms with Crippen LogP contribution in [0, 0.1) is 0 Å². The van der Waals surface area contributed by atoms with E-state index in [1.54, 1.807) is 18.2 Å². The first-order valence-corrected chi connectivity index (χ1v) is 9.40. The number of sulfonamides is 1. The van der Waals surface area contributed by atoms with E-state index < -0.39 is 16.1 Å². The standard InChI is InChI=1S/C18H17N3O5S/c19-27(23,24)17-7-2-1-6-14(17)21-18(22)20-10-4-3-5-13-8-9-15-16(11-13)26-12-25-15/h1-11H,12H2,(H2,19,23,24)(H2,20,21,22)/b5-3+,10-4+. The normalized spacial score (nSPS) is 13.2. The van der Waals surface area contributed by atoms with Crippen molar-refractivity contribution in [2.45, 2.75) is 4.90 Å². The number of benzene rings is 2. The van der Waals surface area contributed by atoms with Gasteiger partial charge in [0, 0.05) is 6.20 Å². The van der Waals surface area contributed by atoms with Crippen molar-refractivity contribution in [2.24, 2.45) is 5.14 Å². The van der Waals surface area contributed by atoms with Crippen molar-refractivity contribution < 1.29 is 22.7 Å². The number of carbonyl (C=O) groups is 1. The number of amides is 2. The Morgan fingerprint density at radius 3 is 2.67 bits per heavy atom. The molecule has 9 heteroatoms. The molecule has 2 aromatic carbocycles. The minimum atomic E-state index is -3.93. The largest absolute Gasteiger partial charge is 0.454 e. The average molecular weight is 387 g/mol. The number of primary sulfonamides is 1. The Morgan fingerprint density at radius 1 is 1.07 bits per heavy atom. The number of ether oxygens (including phenoxy) is 2. The molecule has 4 N–H and O–H groups in total. The van der Waals surface area contributed by atoms with Crippen LogP contribution in [0.4, 0.5) is 10.5 Å². The van der Waals surface area contributed by atoms with E-state index in [0.29, 0.717) is 11.5 Å². The van der Waals surface area contributed by atoms with Crippen LogP contribution in [-0.4, -0.2) is 21.2 Å². The Balaban J connectivity index is 1.55. The summed E-state index contributed by atoms with van der Waals surface area (Å²) in [5.41, 5.74) is 1.01. The van der Waals surface area contributed by atoms with E-state index in [2.05, 4.69) is 10.6 Å². The molecule has 0 saturated heterocycles. The summed E-state index contributed by atoms with van der Waals surface area (Å²) in [5.74, 6) is 1.40. The second-order valence-electron chi connectivity index (χ2n) is 5.47. The molecule has 2 amide bonds. The van der Waals surface area contributed by atoms with Gasteiger partial charge in [0.15, 0.2) is 11.5 Å². The van der Waals surface area contributed by atoms with Gasteiger partial charge >= 0.3 is 6.03 Å². The highest BCUT2D eigenvalue weighted by molar-refractivity contribution is 7.89. The molecular weight excluding hydrogens is 370 g/mol. The molecule has 1 heterocycles. The van der Waals surface area contributed by atoms with Crippen LogP contribution in [0.25, 0.3) is 6.08 Å². The Hall–Kier alpha value is -3.30. The molecule has 3 rings (SSSR count). The van der Waals surface area contributed by atoms with Gasteiger partial charge in [-0.2, -0.15) is 0 Å². The zero-order chi connectivity index (χ0) is 19.3. The summed E-state index contributed by atoms with van der Waals surface area (Å²) in [6.45, 7) is 0.218. The van der Waals surface area contributed by atoms with Crippen molar-refractivity contribution in [1.82, 2.24) is 5.32 Å². The molecule has 1 aliphatic heterocycles. The van der Waals surface area contributed by atoms with Crippen LogP contribution >= 0.6 is 0 Å². The molecule has 2 aromatic rings. The quantitative estimate of drug-likeness (QED) is 0.681. The number of nitrogens with two attached hydrogens (primary N) is 1. The van der Waals surface area contributed by atoms with E-state index in [1.807, 2.05) is 24.3 Å². The highest BCUT2D eigenvalue weighted by Gasteiger charge is 2.14. The fourth-order valence-corrected chi connectivity index (χ4v) is 3.03. The molecule has 0 unspecified atom stereocenters. The molecule has 0 radical (unpaired) electrons. The van der Waals surface area contributed by atoms with Crippen molar-refractivity contribution in [1.29, 1.82) is 0 Å².